The number of aromatic nitrogens is 3. The monoisotopic (exact) mass is 424 g/mol. The summed E-state index contributed by atoms with van der Waals surface area (Å²) in [5.41, 5.74) is 2.05. The SMILES string of the molecule is Cc1nc(-c2ccc(N3CCN(CC(=O)N4CCCCC4C)CC3)nc2)[nH]c(=O)c1C. The molecule has 2 aliphatic heterocycles. The molecule has 0 aliphatic carbocycles. The van der Waals surface area contributed by atoms with Crippen LogP contribution in [0.5, 0.6) is 0 Å². The molecule has 0 bridgehead atoms. The first kappa shape index (κ1) is 21.5. The second kappa shape index (κ2) is 9.18. The largest absolute Gasteiger partial charge is 0.354 e. The van der Waals surface area contributed by atoms with Crippen LogP contribution in [0, 0.1) is 13.8 Å². The van der Waals surface area contributed by atoms with Gasteiger partial charge in [0, 0.05) is 61.8 Å². The van der Waals surface area contributed by atoms with Gasteiger partial charge in [-0.25, -0.2) is 9.97 Å². The Kier molecular flexibility index (Phi) is 6.36. The Morgan fingerprint density at radius 2 is 1.90 bits per heavy atom. The Bertz CT molecular complexity index is 979. The molecule has 0 aromatic carbocycles. The van der Waals surface area contributed by atoms with Crippen LogP contribution in [0.1, 0.15) is 37.4 Å². The number of amides is 1. The summed E-state index contributed by atoms with van der Waals surface area (Å²) in [6.07, 6.45) is 5.23. The number of aryl methyl sites for hydroxylation is 1. The van der Waals surface area contributed by atoms with Crippen molar-refractivity contribution >= 4 is 11.7 Å². The van der Waals surface area contributed by atoms with E-state index >= 15 is 0 Å². The number of piperazine rings is 1. The first-order chi connectivity index (χ1) is 14.9. The molecule has 1 amide bonds. The second-order valence-corrected chi connectivity index (χ2v) is 8.73. The minimum atomic E-state index is -0.115. The molecular weight excluding hydrogens is 392 g/mol. The molecule has 2 fully saturated rings. The Hall–Kier alpha value is -2.74. The molecule has 2 aliphatic rings. The summed E-state index contributed by atoms with van der Waals surface area (Å²) >= 11 is 0. The maximum atomic E-state index is 12.7. The third-order valence-electron chi connectivity index (χ3n) is 6.59. The van der Waals surface area contributed by atoms with E-state index in [4.69, 9.17) is 0 Å². The number of aromatic amines is 1. The zero-order valence-corrected chi connectivity index (χ0v) is 18.7. The van der Waals surface area contributed by atoms with Gasteiger partial charge in [-0.3, -0.25) is 14.5 Å². The van der Waals surface area contributed by atoms with E-state index in [1.54, 1.807) is 13.1 Å². The fourth-order valence-electron chi connectivity index (χ4n) is 4.38. The van der Waals surface area contributed by atoms with Crippen molar-refractivity contribution in [3.63, 3.8) is 0 Å². The molecule has 0 saturated carbocycles. The molecule has 4 rings (SSSR count). The summed E-state index contributed by atoms with van der Waals surface area (Å²) in [5, 5.41) is 0. The van der Waals surface area contributed by atoms with Crippen LogP contribution in [0.4, 0.5) is 5.82 Å². The number of H-pyrrole nitrogens is 1. The molecule has 2 saturated heterocycles. The molecular formula is C23H32N6O2. The number of carbonyl (C=O) groups excluding carboxylic acids is 1. The average Bonchev–Trinajstić information content (AvgIpc) is 2.78. The number of hydrogen-bond acceptors (Lipinski definition) is 6. The highest BCUT2D eigenvalue weighted by Crippen LogP contribution is 2.20. The standard InChI is InChI=1S/C23H32N6O2/c1-16-6-4-5-9-29(16)21(30)15-27-10-12-28(13-11-27)20-8-7-19(14-24-20)22-25-18(3)17(2)23(31)26-22/h7-8,14,16H,4-6,9-13,15H2,1-3H3,(H,25,26,31). The van der Waals surface area contributed by atoms with Crippen molar-refractivity contribution in [2.45, 2.75) is 46.1 Å². The van der Waals surface area contributed by atoms with Gasteiger partial charge in [-0.15, -0.1) is 0 Å². The van der Waals surface area contributed by atoms with Gasteiger partial charge >= 0.3 is 0 Å². The van der Waals surface area contributed by atoms with Crippen molar-refractivity contribution in [2.24, 2.45) is 0 Å². The average molecular weight is 425 g/mol. The van der Waals surface area contributed by atoms with E-state index in [2.05, 4.69) is 36.6 Å². The number of piperidine rings is 1. The fraction of sp³-hybridized carbons (Fsp3) is 0.565. The highest BCUT2D eigenvalue weighted by Gasteiger charge is 2.26. The van der Waals surface area contributed by atoms with Crippen molar-refractivity contribution < 1.29 is 4.79 Å². The molecule has 166 valence electrons. The maximum absolute atomic E-state index is 12.7. The number of nitrogens with zero attached hydrogens (tertiary/aromatic N) is 5. The van der Waals surface area contributed by atoms with Gasteiger partial charge < -0.3 is 14.8 Å². The molecule has 8 heteroatoms. The van der Waals surface area contributed by atoms with Crippen LogP contribution in [-0.4, -0.2) is 76.0 Å². The van der Waals surface area contributed by atoms with Gasteiger partial charge in [0.25, 0.3) is 5.56 Å². The second-order valence-electron chi connectivity index (χ2n) is 8.73. The van der Waals surface area contributed by atoms with E-state index in [0.29, 0.717) is 24.0 Å². The molecule has 2 aromatic rings. The predicted molar refractivity (Wildman–Crippen MR) is 121 cm³/mol. The maximum Gasteiger partial charge on any atom is 0.254 e. The van der Waals surface area contributed by atoms with Gasteiger partial charge in [0.05, 0.1) is 6.54 Å². The van der Waals surface area contributed by atoms with E-state index in [1.807, 2.05) is 19.1 Å². The van der Waals surface area contributed by atoms with Crippen molar-refractivity contribution in [1.82, 2.24) is 24.8 Å². The molecule has 4 heterocycles. The number of anilines is 1. The van der Waals surface area contributed by atoms with Gasteiger partial charge in [-0.05, 0) is 52.2 Å². The Balaban J connectivity index is 1.34. The lowest BCUT2D eigenvalue weighted by Crippen LogP contribution is -2.52. The van der Waals surface area contributed by atoms with Crippen LogP contribution in [0.15, 0.2) is 23.1 Å². The summed E-state index contributed by atoms with van der Waals surface area (Å²) in [4.78, 5) is 43.2. The zero-order chi connectivity index (χ0) is 22.0. The van der Waals surface area contributed by atoms with Crippen LogP contribution in [0.25, 0.3) is 11.4 Å². The van der Waals surface area contributed by atoms with Gasteiger partial charge in [0.2, 0.25) is 5.91 Å². The van der Waals surface area contributed by atoms with Crippen molar-refractivity contribution in [3.8, 4) is 11.4 Å². The highest BCUT2D eigenvalue weighted by atomic mass is 16.2. The van der Waals surface area contributed by atoms with Gasteiger partial charge in [-0.1, -0.05) is 0 Å². The minimum Gasteiger partial charge on any atom is -0.354 e. The highest BCUT2D eigenvalue weighted by molar-refractivity contribution is 5.78. The molecule has 1 N–H and O–H groups in total. The number of rotatable bonds is 4. The van der Waals surface area contributed by atoms with E-state index < -0.39 is 0 Å². The number of hydrogen-bond donors (Lipinski definition) is 1. The number of pyridine rings is 1. The predicted octanol–water partition coefficient (Wildman–Crippen LogP) is 1.97. The third kappa shape index (κ3) is 4.79. The van der Waals surface area contributed by atoms with E-state index in [0.717, 1.165) is 62.6 Å². The lowest BCUT2D eigenvalue weighted by molar-refractivity contribution is -0.135. The van der Waals surface area contributed by atoms with Crippen LogP contribution < -0.4 is 10.5 Å². The van der Waals surface area contributed by atoms with Crippen LogP contribution in [0.2, 0.25) is 0 Å². The van der Waals surface area contributed by atoms with E-state index in [1.165, 1.54) is 6.42 Å². The van der Waals surface area contributed by atoms with Gasteiger partial charge in [0.15, 0.2) is 0 Å². The quantitative estimate of drug-likeness (QED) is 0.808. The zero-order valence-electron chi connectivity index (χ0n) is 18.7. The van der Waals surface area contributed by atoms with Gasteiger partial charge in [0.1, 0.15) is 11.6 Å². The first-order valence-electron chi connectivity index (χ1n) is 11.2. The summed E-state index contributed by atoms with van der Waals surface area (Å²) in [5.74, 6) is 1.71. The molecule has 1 unspecified atom stereocenters. The fourth-order valence-corrected chi connectivity index (χ4v) is 4.38. The van der Waals surface area contributed by atoms with Crippen LogP contribution in [-0.2, 0) is 4.79 Å². The third-order valence-corrected chi connectivity index (χ3v) is 6.59. The molecule has 2 aromatic heterocycles. The molecule has 0 radical (unpaired) electrons. The number of carbonyl (C=O) groups is 1. The van der Waals surface area contributed by atoms with Crippen LogP contribution >= 0.6 is 0 Å². The molecule has 0 spiro atoms. The molecule has 31 heavy (non-hydrogen) atoms. The minimum absolute atomic E-state index is 0.115. The van der Waals surface area contributed by atoms with Crippen molar-refractivity contribution in [1.29, 1.82) is 0 Å². The normalized spacial score (nSPS) is 20.2. The number of nitrogens with one attached hydrogen (secondary N) is 1. The Morgan fingerprint density at radius 3 is 2.55 bits per heavy atom. The summed E-state index contributed by atoms with van der Waals surface area (Å²) in [6.45, 7) is 10.6. The summed E-state index contributed by atoms with van der Waals surface area (Å²) in [6, 6.07) is 4.29. The van der Waals surface area contributed by atoms with Crippen molar-refractivity contribution in [2.75, 3.05) is 44.2 Å². The smallest absolute Gasteiger partial charge is 0.254 e. The number of likely N-dealkylation sites (tertiary alicyclic amines) is 1. The van der Waals surface area contributed by atoms with Crippen LogP contribution in [0.3, 0.4) is 0 Å². The lowest BCUT2D eigenvalue weighted by Gasteiger charge is -2.38. The Labute approximate surface area is 183 Å². The summed E-state index contributed by atoms with van der Waals surface area (Å²) < 4.78 is 0. The topological polar surface area (TPSA) is 85.4 Å². The molecule has 1 atom stereocenters. The van der Waals surface area contributed by atoms with E-state index in [9.17, 15) is 9.59 Å². The Morgan fingerprint density at radius 1 is 1.13 bits per heavy atom. The van der Waals surface area contributed by atoms with Gasteiger partial charge in [-0.2, -0.15) is 0 Å². The summed E-state index contributed by atoms with van der Waals surface area (Å²) in [7, 11) is 0. The molecule has 8 nitrogen and oxygen atoms in total. The van der Waals surface area contributed by atoms with Crippen molar-refractivity contribution in [3.05, 3.63) is 39.9 Å². The lowest BCUT2D eigenvalue weighted by atomic mass is 10.0. The first-order valence-corrected chi connectivity index (χ1v) is 11.2. The van der Waals surface area contributed by atoms with E-state index in [-0.39, 0.29) is 11.5 Å².